The van der Waals surface area contributed by atoms with Crippen molar-refractivity contribution in [1.82, 2.24) is 4.90 Å². The molecule has 1 fully saturated rings. The zero-order valence-corrected chi connectivity index (χ0v) is 7.43. The van der Waals surface area contributed by atoms with E-state index in [0.29, 0.717) is 5.41 Å². The van der Waals surface area contributed by atoms with E-state index in [1.807, 2.05) is 4.90 Å². The molecular weight excluding hydrogens is 136 g/mol. The number of hydrogen-bond acceptors (Lipinski definition) is 2. The number of nitriles is 1. The molecule has 2 nitrogen and oxygen atoms in total. The highest BCUT2D eigenvalue weighted by atomic mass is 15.1. The normalized spacial score (nSPS) is 21.7. The van der Waals surface area contributed by atoms with Gasteiger partial charge in [0.15, 0.2) is 6.19 Å². The molecule has 0 radical (unpaired) electrons. The van der Waals surface area contributed by atoms with Gasteiger partial charge < -0.3 is 4.90 Å². The van der Waals surface area contributed by atoms with Gasteiger partial charge in [0.2, 0.25) is 0 Å². The number of hydrogen-bond donors (Lipinski definition) is 0. The molecule has 62 valence electrons. The highest BCUT2D eigenvalue weighted by Crippen LogP contribution is 2.36. The van der Waals surface area contributed by atoms with Crippen molar-refractivity contribution < 1.29 is 0 Å². The quantitative estimate of drug-likeness (QED) is 0.566. The summed E-state index contributed by atoms with van der Waals surface area (Å²) in [7, 11) is 0. The van der Waals surface area contributed by atoms with E-state index in [1.165, 1.54) is 19.3 Å². The minimum atomic E-state index is 0.454. The third kappa shape index (κ3) is 1.48. The van der Waals surface area contributed by atoms with Crippen molar-refractivity contribution in [3.05, 3.63) is 0 Å². The van der Waals surface area contributed by atoms with Gasteiger partial charge in [-0.3, -0.25) is 0 Å². The minimum absolute atomic E-state index is 0.454. The highest BCUT2D eigenvalue weighted by molar-refractivity contribution is 4.92. The summed E-state index contributed by atoms with van der Waals surface area (Å²) >= 11 is 0. The Balaban J connectivity index is 2.56. The van der Waals surface area contributed by atoms with Gasteiger partial charge in [-0.1, -0.05) is 13.8 Å². The Labute approximate surface area is 68.8 Å². The summed E-state index contributed by atoms with van der Waals surface area (Å²) in [4.78, 5) is 1.88. The Kier molecular flexibility index (Phi) is 2.38. The molecule has 0 aromatic heterocycles. The molecule has 0 aromatic rings. The van der Waals surface area contributed by atoms with E-state index < -0.39 is 0 Å². The Morgan fingerprint density at radius 1 is 1.45 bits per heavy atom. The van der Waals surface area contributed by atoms with Crippen LogP contribution in [0.15, 0.2) is 0 Å². The van der Waals surface area contributed by atoms with E-state index in [4.69, 9.17) is 5.26 Å². The fraction of sp³-hybridized carbons (Fsp3) is 0.889. The SMILES string of the molecule is CCC1(CC)CCN(C#N)C1. The first-order chi connectivity index (χ1) is 5.26. The lowest BCUT2D eigenvalue weighted by molar-refractivity contribution is 0.273. The molecule has 0 aromatic carbocycles. The molecule has 0 N–H and O–H groups in total. The van der Waals surface area contributed by atoms with Crippen LogP contribution in [-0.2, 0) is 0 Å². The van der Waals surface area contributed by atoms with Crippen molar-refractivity contribution in [2.75, 3.05) is 13.1 Å². The van der Waals surface area contributed by atoms with Gasteiger partial charge in [0.05, 0.1) is 0 Å². The standard InChI is InChI=1S/C9H16N2/c1-3-9(4-2)5-6-11(7-9)8-10/h3-7H2,1-2H3. The Bertz CT molecular complexity index is 165. The van der Waals surface area contributed by atoms with Crippen LogP contribution in [0.2, 0.25) is 0 Å². The second kappa shape index (κ2) is 3.13. The minimum Gasteiger partial charge on any atom is -0.310 e. The molecule has 0 aliphatic carbocycles. The summed E-state index contributed by atoms with van der Waals surface area (Å²) in [5, 5.41) is 8.67. The van der Waals surface area contributed by atoms with Crippen LogP contribution in [0.4, 0.5) is 0 Å². The lowest BCUT2D eigenvalue weighted by Crippen LogP contribution is -2.23. The molecule has 1 rings (SSSR count). The molecule has 0 spiro atoms. The molecule has 0 saturated carbocycles. The van der Waals surface area contributed by atoms with Crippen LogP contribution < -0.4 is 0 Å². The van der Waals surface area contributed by atoms with Gasteiger partial charge in [-0.25, -0.2) is 0 Å². The van der Waals surface area contributed by atoms with Gasteiger partial charge in [0.25, 0.3) is 0 Å². The molecule has 2 heteroatoms. The van der Waals surface area contributed by atoms with E-state index in [0.717, 1.165) is 13.1 Å². The van der Waals surface area contributed by atoms with Crippen LogP contribution in [0, 0.1) is 16.9 Å². The van der Waals surface area contributed by atoms with Gasteiger partial charge in [-0.05, 0) is 24.7 Å². The molecule has 1 aliphatic heterocycles. The number of rotatable bonds is 2. The molecular formula is C9H16N2. The van der Waals surface area contributed by atoms with E-state index in [1.54, 1.807) is 0 Å². The first-order valence-corrected chi connectivity index (χ1v) is 4.41. The molecule has 0 amide bonds. The third-order valence-corrected chi connectivity index (χ3v) is 3.08. The van der Waals surface area contributed by atoms with Gasteiger partial charge in [-0.15, -0.1) is 0 Å². The second-order valence-corrected chi connectivity index (χ2v) is 3.48. The molecule has 0 bridgehead atoms. The van der Waals surface area contributed by atoms with Crippen molar-refractivity contribution >= 4 is 0 Å². The summed E-state index contributed by atoms with van der Waals surface area (Å²) in [6.45, 7) is 6.41. The molecule has 1 heterocycles. The van der Waals surface area contributed by atoms with Gasteiger partial charge in [-0.2, -0.15) is 5.26 Å². The van der Waals surface area contributed by atoms with Crippen LogP contribution in [-0.4, -0.2) is 18.0 Å². The fourth-order valence-electron chi connectivity index (χ4n) is 1.85. The molecule has 0 unspecified atom stereocenters. The average molecular weight is 152 g/mol. The monoisotopic (exact) mass is 152 g/mol. The van der Waals surface area contributed by atoms with Crippen LogP contribution in [0.5, 0.6) is 0 Å². The Morgan fingerprint density at radius 2 is 2.09 bits per heavy atom. The largest absolute Gasteiger partial charge is 0.310 e. The van der Waals surface area contributed by atoms with E-state index in [2.05, 4.69) is 20.0 Å². The van der Waals surface area contributed by atoms with Crippen LogP contribution in [0.3, 0.4) is 0 Å². The van der Waals surface area contributed by atoms with Gasteiger partial charge in [0, 0.05) is 13.1 Å². The Hall–Kier alpha value is -0.710. The summed E-state index contributed by atoms with van der Waals surface area (Å²) in [6, 6.07) is 0. The lowest BCUT2D eigenvalue weighted by atomic mass is 9.82. The van der Waals surface area contributed by atoms with Gasteiger partial charge in [0.1, 0.15) is 0 Å². The first kappa shape index (κ1) is 8.39. The summed E-state index contributed by atoms with van der Waals surface area (Å²) < 4.78 is 0. The number of nitrogens with zero attached hydrogens (tertiary/aromatic N) is 2. The zero-order valence-electron chi connectivity index (χ0n) is 7.43. The van der Waals surface area contributed by atoms with Gasteiger partial charge >= 0.3 is 0 Å². The maximum Gasteiger partial charge on any atom is 0.179 e. The third-order valence-electron chi connectivity index (χ3n) is 3.08. The van der Waals surface area contributed by atoms with Crippen LogP contribution >= 0.6 is 0 Å². The van der Waals surface area contributed by atoms with Crippen molar-refractivity contribution in [2.45, 2.75) is 33.1 Å². The smallest absolute Gasteiger partial charge is 0.179 e. The van der Waals surface area contributed by atoms with Crippen LogP contribution in [0.25, 0.3) is 0 Å². The first-order valence-electron chi connectivity index (χ1n) is 4.41. The average Bonchev–Trinajstić information content (AvgIpc) is 2.49. The maximum absolute atomic E-state index is 8.67. The second-order valence-electron chi connectivity index (χ2n) is 3.48. The molecule has 1 saturated heterocycles. The molecule has 0 atom stereocenters. The molecule has 11 heavy (non-hydrogen) atoms. The van der Waals surface area contributed by atoms with E-state index in [-0.39, 0.29) is 0 Å². The lowest BCUT2D eigenvalue weighted by Gasteiger charge is -2.24. The number of likely N-dealkylation sites (tertiary alicyclic amines) is 1. The summed E-state index contributed by atoms with van der Waals surface area (Å²) in [5.74, 6) is 0. The topological polar surface area (TPSA) is 27.0 Å². The maximum atomic E-state index is 8.67. The zero-order chi connectivity index (χ0) is 8.32. The van der Waals surface area contributed by atoms with Crippen molar-refractivity contribution in [3.63, 3.8) is 0 Å². The van der Waals surface area contributed by atoms with Crippen molar-refractivity contribution in [3.8, 4) is 6.19 Å². The molecule has 1 aliphatic rings. The van der Waals surface area contributed by atoms with Crippen molar-refractivity contribution in [1.29, 1.82) is 5.26 Å². The van der Waals surface area contributed by atoms with Crippen LogP contribution in [0.1, 0.15) is 33.1 Å². The predicted octanol–water partition coefficient (Wildman–Crippen LogP) is 1.98. The summed E-state index contributed by atoms with van der Waals surface area (Å²) in [5.41, 5.74) is 0.454. The predicted molar refractivity (Wildman–Crippen MR) is 44.8 cm³/mol. The fourth-order valence-corrected chi connectivity index (χ4v) is 1.85. The van der Waals surface area contributed by atoms with Crippen molar-refractivity contribution in [2.24, 2.45) is 5.41 Å². The summed E-state index contributed by atoms with van der Waals surface area (Å²) in [6.07, 6.45) is 5.84. The Morgan fingerprint density at radius 3 is 2.36 bits per heavy atom. The van der Waals surface area contributed by atoms with E-state index >= 15 is 0 Å². The van der Waals surface area contributed by atoms with E-state index in [9.17, 15) is 0 Å². The highest BCUT2D eigenvalue weighted by Gasteiger charge is 2.34.